The van der Waals surface area contributed by atoms with Crippen LogP contribution >= 0.6 is 0 Å². The first-order chi connectivity index (χ1) is 8.29. The Morgan fingerprint density at radius 1 is 1.44 bits per heavy atom. The molecule has 0 saturated carbocycles. The smallest absolute Gasteiger partial charge is 0.0726 e. The maximum atomic E-state index is 5.93. The summed E-state index contributed by atoms with van der Waals surface area (Å²) in [5.41, 5.74) is 8.34. The van der Waals surface area contributed by atoms with E-state index >= 15 is 0 Å². The average molecular weight is 252 g/mol. The van der Waals surface area contributed by atoms with Gasteiger partial charge in [-0.25, -0.2) is 0 Å². The molecule has 4 heteroatoms. The Bertz CT molecular complexity index is 376. The maximum absolute atomic E-state index is 5.93. The highest BCUT2D eigenvalue weighted by molar-refractivity contribution is 5.27. The molecule has 1 rings (SSSR count). The predicted octanol–water partition coefficient (Wildman–Crippen LogP) is 2.11. The van der Waals surface area contributed by atoms with E-state index in [1.54, 1.807) is 0 Å². The Hall–Kier alpha value is -0.870. The molecule has 18 heavy (non-hydrogen) atoms. The van der Waals surface area contributed by atoms with Gasteiger partial charge < -0.3 is 11.1 Å². The first-order valence-electron chi connectivity index (χ1n) is 6.79. The predicted molar refractivity (Wildman–Crippen MR) is 76.6 cm³/mol. The molecule has 0 bridgehead atoms. The molecule has 4 nitrogen and oxygen atoms in total. The fourth-order valence-corrected chi connectivity index (χ4v) is 2.09. The van der Waals surface area contributed by atoms with Crippen LogP contribution in [-0.2, 0) is 12.5 Å². The lowest BCUT2D eigenvalue weighted by atomic mass is 9.87. The van der Waals surface area contributed by atoms with E-state index < -0.39 is 0 Å². The summed E-state index contributed by atoms with van der Waals surface area (Å²) in [6, 6.07) is 0.648. The molecule has 0 aliphatic carbocycles. The number of nitrogens with one attached hydrogen (secondary N) is 1. The van der Waals surface area contributed by atoms with Gasteiger partial charge in [0.2, 0.25) is 0 Å². The second kappa shape index (κ2) is 5.85. The van der Waals surface area contributed by atoms with Crippen LogP contribution in [-0.4, -0.2) is 22.4 Å². The third-order valence-electron chi connectivity index (χ3n) is 3.28. The van der Waals surface area contributed by atoms with E-state index in [4.69, 9.17) is 5.73 Å². The summed E-state index contributed by atoms with van der Waals surface area (Å²) < 4.78 is 1.89. The number of hydrogen-bond donors (Lipinski definition) is 2. The normalized spacial score (nSPS) is 15.7. The Morgan fingerprint density at radius 3 is 2.50 bits per heavy atom. The van der Waals surface area contributed by atoms with Crippen LogP contribution in [0.15, 0.2) is 6.20 Å². The largest absolute Gasteiger partial charge is 0.329 e. The van der Waals surface area contributed by atoms with Crippen molar-refractivity contribution >= 4 is 0 Å². The lowest BCUT2D eigenvalue weighted by Crippen LogP contribution is -2.35. The van der Waals surface area contributed by atoms with Crippen molar-refractivity contribution in [3.8, 4) is 0 Å². The second-order valence-electron chi connectivity index (χ2n) is 6.12. The topological polar surface area (TPSA) is 55.9 Å². The van der Waals surface area contributed by atoms with Gasteiger partial charge in [-0.2, -0.15) is 5.10 Å². The lowest BCUT2D eigenvalue weighted by molar-refractivity contribution is 0.442. The van der Waals surface area contributed by atoms with E-state index in [1.807, 2.05) is 11.7 Å². The second-order valence-corrected chi connectivity index (χ2v) is 6.12. The number of rotatable bonds is 5. The molecule has 0 saturated heterocycles. The molecule has 0 amide bonds. The molecular weight excluding hydrogens is 224 g/mol. The summed E-state index contributed by atoms with van der Waals surface area (Å²) >= 11 is 0. The van der Waals surface area contributed by atoms with Gasteiger partial charge >= 0.3 is 0 Å². The number of aromatic nitrogens is 2. The molecule has 0 fully saturated rings. The van der Waals surface area contributed by atoms with Crippen molar-refractivity contribution in [2.24, 2.45) is 12.8 Å². The Labute approximate surface area is 111 Å². The molecule has 104 valence electrons. The van der Waals surface area contributed by atoms with E-state index in [0.29, 0.717) is 12.6 Å². The Kier molecular flexibility index (Phi) is 4.93. The summed E-state index contributed by atoms with van der Waals surface area (Å²) in [5, 5.41) is 8.19. The van der Waals surface area contributed by atoms with E-state index in [0.717, 1.165) is 12.1 Å². The monoisotopic (exact) mass is 252 g/mol. The quantitative estimate of drug-likeness (QED) is 0.844. The van der Waals surface area contributed by atoms with Crippen molar-refractivity contribution in [1.29, 1.82) is 0 Å². The van der Waals surface area contributed by atoms with Gasteiger partial charge in [0.05, 0.1) is 5.69 Å². The van der Waals surface area contributed by atoms with Crippen molar-refractivity contribution in [1.82, 2.24) is 15.1 Å². The van der Waals surface area contributed by atoms with Crippen LogP contribution in [0, 0.1) is 0 Å². The number of aryl methyl sites for hydroxylation is 1. The minimum atomic E-state index is 0.0428. The maximum Gasteiger partial charge on any atom is 0.0726 e. The van der Waals surface area contributed by atoms with Crippen LogP contribution in [0.5, 0.6) is 0 Å². The summed E-state index contributed by atoms with van der Waals surface area (Å²) in [6.07, 6.45) is 3.19. The minimum Gasteiger partial charge on any atom is -0.329 e. The highest BCUT2D eigenvalue weighted by atomic mass is 15.3. The molecule has 0 aliphatic rings. The molecule has 2 atom stereocenters. The summed E-state index contributed by atoms with van der Waals surface area (Å²) in [6.45, 7) is 11.5. The SMILES string of the molecule is CCC(C)NC(CN)c1cn(C)nc1C(C)(C)C. The van der Waals surface area contributed by atoms with Crippen molar-refractivity contribution in [2.75, 3.05) is 6.54 Å². The van der Waals surface area contributed by atoms with Crippen LogP contribution in [0.2, 0.25) is 0 Å². The first-order valence-corrected chi connectivity index (χ1v) is 6.79. The van der Waals surface area contributed by atoms with E-state index in [-0.39, 0.29) is 11.5 Å². The fraction of sp³-hybridized carbons (Fsp3) is 0.786. The van der Waals surface area contributed by atoms with Gasteiger partial charge in [-0.3, -0.25) is 4.68 Å². The summed E-state index contributed by atoms with van der Waals surface area (Å²) in [4.78, 5) is 0. The zero-order chi connectivity index (χ0) is 13.9. The third kappa shape index (κ3) is 3.56. The van der Waals surface area contributed by atoms with Crippen LogP contribution in [0.1, 0.15) is 58.3 Å². The van der Waals surface area contributed by atoms with E-state index in [9.17, 15) is 0 Å². The molecule has 0 aromatic carbocycles. The molecule has 1 aromatic rings. The minimum absolute atomic E-state index is 0.0428. The molecule has 0 spiro atoms. The van der Waals surface area contributed by atoms with Crippen LogP contribution < -0.4 is 11.1 Å². The van der Waals surface area contributed by atoms with E-state index in [2.05, 4.69) is 51.2 Å². The first kappa shape index (κ1) is 15.2. The molecule has 1 heterocycles. The zero-order valence-electron chi connectivity index (χ0n) is 12.6. The van der Waals surface area contributed by atoms with Crippen LogP contribution in [0.25, 0.3) is 0 Å². The molecule has 1 aromatic heterocycles. The molecule has 2 unspecified atom stereocenters. The van der Waals surface area contributed by atoms with Gasteiger partial charge in [-0.15, -0.1) is 0 Å². The van der Waals surface area contributed by atoms with Crippen molar-refractivity contribution in [3.05, 3.63) is 17.5 Å². The standard InChI is InChI=1S/C14H28N4/c1-7-10(2)16-12(8-15)11-9-18(6)17-13(11)14(3,4)5/h9-10,12,16H,7-8,15H2,1-6H3. The fourth-order valence-electron chi connectivity index (χ4n) is 2.09. The Morgan fingerprint density at radius 2 is 2.06 bits per heavy atom. The van der Waals surface area contributed by atoms with Gasteiger partial charge in [0.15, 0.2) is 0 Å². The molecule has 3 N–H and O–H groups in total. The number of hydrogen-bond acceptors (Lipinski definition) is 3. The molecular formula is C14H28N4. The van der Waals surface area contributed by atoms with Crippen molar-refractivity contribution in [3.63, 3.8) is 0 Å². The zero-order valence-corrected chi connectivity index (χ0v) is 12.6. The Balaban J connectivity index is 3.05. The van der Waals surface area contributed by atoms with Crippen LogP contribution in [0.3, 0.4) is 0 Å². The average Bonchev–Trinajstić information content (AvgIpc) is 2.67. The molecule has 0 radical (unpaired) electrons. The van der Waals surface area contributed by atoms with Gasteiger partial charge in [0.25, 0.3) is 0 Å². The summed E-state index contributed by atoms with van der Waals surface area (Å²) in [5.74, 6) is 0. The van der Waals surface area contributed by atoms with Crippen LogP contribution in [0.4, 0.5) is 0 Å². The van der Waals surface area contributed by atoms with Gasteiger partial charge in [-0.05, 0) is 13.3 Å². The number of nitrogens with zero attached hydrogens (tertiary/aromatic N) is 2. The third-order valence-corrected chi connectivity index (χ3v) is 3.28. The van der Waals surface area contributed by atoms with Gasteiger partial charge in [0.1, 0.15) is 0 Å². The van der Waals surface area contributed by atoms with Gasteiger partial charge in [-0.1, -0.05) is 27.7 Å². The molecule has 0 aliphatic heterocycles. The lowest BCUT2D eigenvalue weighted by Gasteiger charge is -2.25. The van der Waals surface area contributed by atoms with Crippen molar-refractivity contribution in [2.45, 2.75) is 58.5 Å². The highest BCUT2D eigenvalue weighted by Gasteiger charge is 2.26. The van der Waals surface area contributed by atoms with Crippen molar-refractivity contribution < 1.29 is 0 Å². The summed E-state index contributed by atoms with van der Waals surface area (Å²) in [7, 11) is 1.97. The van der Waals surface area contributed by atoms with Gasteiger partial charge in [0, 0.05) is 42.9 Å². The van der Waals surface area contributed by atoms with E-state index in [1.165, 1.54) is 5.56 Å². The number of nitrogens with two attached hydrogens (primary N) is 1. The highest BCUT2D eigenvalue weighted by Crippen LogP contribution is 2.28.